The van der Waals surface area contributed by atoms with Crippen LogP contribution in [0.15, 0.2) is 260 Å². The molecule has 2 fully saturated rings. The average molecular weight is 928 g/mol. The van der Waals surface area contributed by atoms with E-state index in [4.69, 9.17) is 10.7 Å². The van der Waals surface area contributed by atoms with E-state index in [9.17, 15) is 0 Å². The van der Waals surface area contributed by atoms with Crippen LogP contribution in [-0.2, 0) is 6.54 Å². The van der Waals surface area contributed by atoms with Gasteiger partial charge in [0, 0.05) is 12.1 Å². The van der Waals surface area contributed by atoms with Gasteiger partial charge >= 0.3 is 0 Å². The molecule has 0 amide bonds. The van der Waals surface area contributed by atoms with Crippen LogP contribution in [-0.4, -0.2) is 16.8 Å². The number of fused-ring (bicyclic) bond motifs is 4. The minimum atomic E-state index is -0.361. The molecule has 0 aliphatic carbocycles. The van der Waals surface area contributed by atoms with E-state index >= 15 is 0 Å². The molecular weight excluding hydrogens is 875 g/mol. The molecule has 2 aliphatic heterocycles. The number of hydrogen-bond acceptors (Lipinski definition) is 4. The number of amidine groups is 1. The maximum atomic E-state index is 6.86. The zero-order valence-electron chi connectivity index (χ0n) is 39.8. The van der Waals surface area contributed by atoms with Gasteiger partial charge in [0.1, 0.15) is 12.0 Å². The van der Waals surface area contributed by atoms with Crippen molar-refractivity contribution < 1.29 is 0 Å². The number of benzene rings is 11. The molecule has 2 aliphatic rings. The lowest BCUT2D eigenvalue weighted by Gasteiger charge is -2.22. The molecule has 0 bridgehead atoms. The number of aliphatic imine (C=N–C) groups is 1. The molecule has 72 heavy (non-hydrogen) atoms. The smallest absolute Gasteiger partial charge is 0.128 e. The molecule has 11 aromatic rings. The zero-order valence-corrected chi connectivity index (χ0v) is 39.8. The SMILES string of the molecule is NC(=NC(NCc1ccccc1)c1ccc(-c2ccc(-c3ccc(-c4ccc(C5C6C(c7ccccc7)NC(c7ccccc7)N56)cc4)c4ccccc34)c3ccccc23)cc1)c1cccc2ccccc12. The number of hydrogen-bond donors (Lipinski definition) is 3. The highest BCUT2D eigenvalue weighted by molar-refractivity contribution is 6.12. The molecule has 2 heterocycles. The van der Waals surface area contributed by atoms with Crippen LogP contribution in [0.25, 0.3) is 65.7 Å². The third-order valence-corrected chi connectivity index (χ3v) is 15.1. The summed E-state index contributed by atoms with van der Waals surface area (Å²) in [6, 6.07) is 93.0. The second-order valence-corrected chi connectivity index (χ2v) is 19.2. The molecule has 5 heteroatoms. The van der Waals surface area contributed by atoms with E-state index in [1.165, 1.54) is 71.6 Å². The lowest BCUT2D eigenvalue weighted by molar-refractivity contribution is 0.358. The van der Waals surface area contributed by atoms with Crippen molar-refractivity contribution in [2.24, 2.45) is 10.7 Å². The Morgan fingerprint density at radius 2 is 0.944 bits per heavy atom. The molecule has 0 radical (unpaired) electrons. The Bertz CT molecular complexity index is 3700. The van der Waals surface area contributed by atoms with Crippen LogP contribution in [0.1, 0.15) is 57.8 Å². The van der Waals surface area contributed by atoms with E-state index in [0.29, 0.717) is 24.5 Å². The Balaban J connectivity index is 0.801. The normalized spacial score (nSPS) is 18.8. The van der Waals surface area contributed by atoms with E-state index in [-0.39, 0.29) is 18.4 Å². The van der Waals surface area contributed by atoms with Crippen LogP contribution < -0.4 is 16.4 Å². The monoisotopic (exact) mass is 927 g/mol. The van der Waals surface area contributed by atoms with Gasteiger partial charge < -0.3 is 5.73 Å². The lowest BCUT2D eigenvalue weighted by atomic mass is 9.87. The van der Waals surface area contributed by atoms with Crippen LogP contribution in [0, 0.1) is 0 Å². The van der Waals surface area contributed by atoms with Crippen molar-refractivity contribution in [1.29, 1.82) is 0 Å². The lowest BCUT2D eigenvalue weighted by Crippen LogP contribution is -2.26. The highest BCUT2D eigenvalue weighted by Gasteiger charge is 2.61. The molecule has 11 aromatic carbocycles. The summed E-state index contributed by atoms with van der Waals surface area (Å²) >= 11 is 0. The summed E-state index contributed by atoms with van der Waals surface area (Å²) in [5.41, 5.74) is 21.3. The van der Waals surface area contributed by atoms with Gasteiger partial charge in [0.2, 0.25) is 0 Å². The second-order valence-electron chi connectivity index (χ2n) is 19.2. The van der Waals surface area contributed by atoms with Crippen molar-refractivity contribution in [3.05, 3.63) is 288 Å². The summed E-state index contributed by atoms with van der Waals surface area (Å²) in [6.07, 6.45) is -0.188. The van der Waals surface area contributed by atoms with Crippen molar-refractivity contribution >= 4 is 38.2 Å². The molecule has 5 nitrogen and oxygen atoms in total. The van der Waals surface area contributed by atoms with Gasteiger partial charge in [-0.15, -0.1) is 0 Å². The van der Waals surface area contributed by atoms with Crippen molar-refractivity contribution in [2.45, 2.75) is 37.0 Å². The van der Waals surface area contributed by atoms with Crippen molar-refractivity contribution in [2.75, 3.05) is 0 Å². The summed E-state index contributed by atoms with van der Waals surface area (Å²) in [5.74, 6) is 0.503. The Kier molecular flexibility index (Phi) is 11.3. The fourth-order valence-corrected chi connectivity index (χ4v) is 11.5. The van der Waals surface area contributed by atoms with Crippen molar-refractivity contribution in [3.63, 3.8) is 0 Å². The molecule has 346 valence electrons. The zero-order chi connectivity index (χ0) is 48.0. The van der Waals surface area contributed by atoms with Crippen LogP contribution in [0.5, 0.6) is 0 Å². The number of nitrogens with one attached hydrogen (secondary N) is 2. The van der Waals surface area contributed by atoms with E-state index in [2.05, 4.69) is 252 Å². The minimum absolute atomic E-state index is 0.173. The van der Waals surface area contributed by atoms with Gasteiger partial charge in [-0.2, -0.15) is 0 Å². The molecule has 4 N–H and O–H groups in total. The maximum absolute atomic E-state index is 6.86. The van der Waals surface area contributed by atoms with E-state index in [1.54, 1.807) is 0 Å². The van der Waals surface area contributed by atoms with Crippen LogP contribution >= 0.6 is 0 Å². The van der Waals surface area contributed by atoms with Gasteiger partial charge in [-0.25, -0.2) is 4.99 Å². The maximum Gasteiger partial charge on any atom is 0.128 e. The first-order valence-electron chi connectivity index (χ1n) is 25.1. The predicted molar refractivity (Wildman–Crippen MR) is 298 cm³/mol. The summed E-state index contributed by atoms with van der Waals surface area (Å²) in [4.78, 5) is 7.81. The molecular formula is C67H53N5. The number of nitrogens with zero attached hydrogens (tertiary/aromatic N) is 2. The molecule has 0 aromatic heterocycles. The van der Waals surface area contributed by atoms with Gasteiger partial charge in [-0.3, -0.25) is 15.5 Å². The summed E-state index contributed by atoms with van der Waals surface area (Å²) in [7, 11) is 0. The van der Waals surface area contributed by atoms with Crippen molar-refractivity contribution in [3.8, 4) is 33.4 Å². The molecule has 6 atom stereocenters. The fraction of sp³-hybridized carbons (Fsp3) is 0.0896. The standard InChI is InChI=1S/C67H53N5/c68-65(61-30-16-24-45-19-10-11-25-52(45)61)71-66(69-43-44-17-4-1-5-18-44)50-37-33-47(34-38-50)54-40-42-60(58-29-15-13-27-56(54)58)59-41-39-53(55-26-12-14-28-57(55)59)46-31-35-49(36-32-46)63-64-62(48-20-6-2-7-21-48)70-67(72(63)64)51-22-8-3-9-23-51/h1-42,62-64,66-67,69-70H,43H2,(H2,68,71). The first kappa shape index (κ1) is 43.6. The highest BCUT2D eigenvalue weighted by atomic mass is 15.5. The Morgan fingerprint density at radius 3 is 1.56 bits per heavy atom. The quantitative estimate of drug-likeness (QED) is 0.0649. The molecule has 2 saturated heterocycles. The Hall–Kier alpha value is -8.45. The highest BCUT2D eigenvalue weighted by Crippen LogP contribution is 2.59. The van der Waals surface area contributed by atoms with Gasteiger partial charge in [-0.1, -0.05) is 255 Å². The average Bonchev–Trinajstić information content (AvgIpc) is 4.06. The first-order chi connectivity index (χ1) is 35.6. The Morgan fingerprint density at radius 1 is 0.458 bits per heavy atom. The van der Waals surface area contributed by atoms with Gasteiger partial charge in [0.25, 0.3) is 0 Å². The first-order valence-corrected chi connectivity index (χ1v) is 25.1. The summed E-state index contributed by atoms with van der Waals surface area (Å²) < 4.78 is 0. The van der Waals surface area contributed by atoms with Crippen LogP contribution in [0.2, 0.25) is 0 Å². The number of nitrogens with two attached hydrogens (primary N) is 1. The second kappa shape index (κ2) is 18.7. The van der Waals surface area contributed by atoms with Gasteiger partial charge in [0.05, 0.1) is 24.3 Å². The number of rotatable bonds is 12. The minimum Gasteiger partial charge on any atom is -0.383 e. The van der Waals surface area contributed by atoms with E-state index in [0.717, 1.165) is 27.5 Å². The van der Waals surface area contributed by atoms with Crippen molar-refractivity contribution in [1.82, 2.24) is 15.5 Å². The van der Waals surface area contributed by atoms with Gasteiger partial charge in [-0.05, 0) is 93.5 Å². The third-order valence-electron chi connectivity index (χ3n) is 15.1. The largest absolute Gasteiger partial charge is 0.383 e. The molecule has 13 rings (SSSR count). The van der Waals surface area contributed by atoms with E-state index in [1.807, 2.05) is 18.2 Å². The molecule has 6 unspecified atom stereocenters. The summed E-state index contributed by atoms with van der Waals surface area (Å²) in [5, 5.41) is 14.8. The third kappa shape index (κ3) is 8.04. The van der Waals surface area contributed by atoms with E-state index < -0.39 is 0 Å². The fourth-order valence-electron chi connectivity index (χ4n) is 11.5. The van der Waals surface area contributed by atoms with Crippen LogP contribution in [0.3, 0.4) is 0 Å². The van der Waals surface area contributed by atoms with Crippen LogP contribution in [0.4, 0.5) is 0 Å². The van der Waals surface area contributed by atoms with Gasteiger partial charge in [0.15, 0.2) is 0 Å². The Labute approximate surface area is 421 Å². The molecule has 0 saturated carbocycles. The summed E-state index contributed by atoms with van der Waals surface area (Å²) in [6.45, 7) is 0.650. The molecule has 0 spiro atoms. The topological polar surface area (TPSA) is 65.5 Å². The predicted octanol–water partition coefficient (Wildman–Crippen LogP) is 15.1.